The number of morpholine rings is 1. The first-order chi connectivity index (χ1) is 8.63. The Morgan fingerprint density at radius 2 is 2.17 bits per heavy atom. The highest BCUT2D eigenvalue weighted by molar-refractivity contribution is 5.56. The molecular formula is C15H24N2O. The summed E-state index contributed by atoms with van der Waals surface area (Å²) in [6.45, 7) is 8.15. The fraction of sp³-hybridized carbons (Fsp3) is 0.600. The molecule has 3 atom stereocenters. The Bertz CT molecular complexity index is 392. The van der Waals surface area contributed by atoms with Crippen LogP contribution in [0.1, 0.15) is 38.8 Å². The Hall–Kier alpha value is -1.06. The predicted molar refractivity (Wildman–Crippen MR) is 75.9 cm³/mol. The first-order valence-electron chi connectivity index (χ1n) is 6.86. The van der Waals surface area contributed by atoms with Gasteiger partial charge in [0.15, 0.2) is 0 Å². The van der Waals surface area contributed by atoms with Gasteiger partial charge >= 0.3 is 0 Å². The molecule has 3 unspecified atom stereocenters. The topological polar surface area (TPSA) is 38.5 Å². The first kappa shape index (κ1) is 13.4. The molecule has 0 amide bonds. The maximum absolute atomic E-state index is 6.08. The second-order valence-electron chi connectivity index (χ2n) is 5.21. The fourth-order valence-electron chi connectivity index (χ4n) is 2.61. The minimum atomic E-state index is 0.0665. The zero-order valence-electron chi connectivity index (χ0n) is 11.6. The average Bonchev–Trinajstić information content (AvgIpc) is 2.38. The van der Waals surface area contributed by atoms with E-state index in [-0.39, 0.29) is 12.1 Å². The Morgan fingerprint density at radius 3 is 2.83 bits per heavy atom. The van der Waals surface area contributed by atoms with Crippen molar-refractivity contribution in [2.24, 2.45) is 5.73 Å². The molecule has 3 heteroatoms. The Morgan fingerprint density at radius 1 is 1.44 bits per heavy atom. The van der Waals surface area contributed by atoms with Gasteiger partial charge < -0.3 is 15.4 Å². The lowest BCUT2D eigenvalue weighted by Gasteiger charge is -2.41. The lowest BCUT2D eigenvalue weighted by Crippen LogP contribution is -2.49. The van der Waals surface area contributed by atoms with Crippen LogP contribution in [0.5, 0.6) is 0 Å². The summed E-state index contributed by atoms with van der Waals surface area (Å²) in [5.74, 6) is 0. The highest BCUT2D eigenvalue weighted by Gasteiger charge is 2.27. The molecule has 0 aromatic heterocycles. The molecule has 1 aromatic rings. The molecule has 2 rings (SSSR count). The first-order valence-corrected chi connectivity index (χ1v) is 6.86. The zero-order valence-corrected chi connectivity index (χ0v) is 11.6. The fourth-order valence-corrected chi connectivity index (χ4v) is 2.61. The van der Waals surface area contributed by atoms with E-state index in [1.165, 1.54) is 11.3 Å². The quantitative estimate of drug-likeness (QED) is 0.894. The number of anilines is 1. The standard InChI is InChI=1S/C15H24N2O/c1-4-13-10-18-11(2)9-17(13)15-8-6-5-7-14(15)12(3)16/h5-8,11-13H,4,9-10,16H2,1-3H3. The van der Waals surface area contributed by atoms with Crippen LogP contribution in [0.15, 0.2) is 24.3 Å². The van der Waals surface area contributed by atoms with Gasteiger partial charge in [-0.1, -0.05) is 25.1 Å². The van der Waals surface area contributed by atoms with Crippen molar-refractivity contribution in [1.29, 1.82) is 0 Å². The third-order valence-corrected chi connectivity index (χ3v) is 3.68. The van der Waals surface area contributed by atoms with Crippen molar-refractivity contribution in [1.82, 2.24) is 0 Å². The summed E-state index contributed by atoms with van der Waals surface area (Å²) in [6, 6.07) is 8.99. The summed E-state index contributed by atoms with van der Waals surface area (Å²) in [4.78, 5) is 2.47. The minimum absolute atomic E-state index is 0.0665. The van der Waals surface area contributed by atoms with E-state index in [2.05, 4.69) is 43.0 Å². The molecular weight excluding hydrogens is 224 g/mol. The van der Waals surface area contributed by atoms with E-state index >= 15 is 0 Å². The van der Waals surface area contributed by atoms with Gasteiger partial charge in [-0.15, -0.1) is 0 Å². The predicted octanol–water partition coefficient (Wildman–Crippen LogP) is 2.71. The van der Waals surface area contributed by atoms with E-state index in [0.29, 0.717) is 6.04 Å². The number of ether oxygens (including phenoxy) is 1. The molecule has 18 heavy (non-hydrogen) atoms. The number of nitrogens with zero attached hydrogens (tertiary/aromatic N) is 1. The number of hydrogen-bond donors (Lipinski definition) is 1. The van der Waals surface area contributed by atoms with Crippen LogP contribution in [0.4, 0.5) is 5.69 Å². The van der Waals surface area contributed by atoms with Gasteiger partial charge in [0.05, 0.1) is 18.8 Å². The van der Waals surface area contributed by atoms with Gasteiger partial charge in [0.1, 0.15) is 0 Å². The van der Waals surface area contributed by atoms with Crippen molar-refractivity contribution in [2.75, 3.05) is 18.1 Å². The van der Waals surface area contributed by atoms with Crippen molar-refractivity contribution in [3.8, 4) is 0 Å². The average molecular weight is 248 g/mol. The molecule has 0 radical (unpaired) electrons. The smallest absolute Gasteiger partial charge is 0.0723 e. The molecule has 0 aliphatic carbocycles. The molecule has 1 heterocycles. The van der Waals surface area contributed by atoms with E-state index in [4.69, 9.17) is 10.5 Å². The minimum Gasteiger partial charge on any atom is -0.375 e. The number of hydrogen-bond acceptors (Lipinski definition) is 3. The second-order valence-corrected chi connectivity index (χ2v) is 5.21. The van der Waals surface area contributed by atoms with Gasteiger partial charge in [-0.05, 0) is 31.9 Å². The molecule has 3 nitrogen and oxygen atoms in total. The molecule has 100 valence electrons. The monoisotopic (exact) mass is 248 g/mol. The molecule has 1 aliphatic rings. The summed E-state index contributed by atoms with van der Waals surface area (Å²) in [7, 11) is 0. The summed E-state index contributed by atoms with van der Waals surface area (Å²) >= 11 is 0. The van der Waals surface area contributed by atoms with Crippen LogP contribution < -0.4 is 10.6 Å². The molecule has 0 saturated carbocycles. The molecule has 2 N–H and O–H groups in total. The van der Waals surface area contributed by atoms with Crippen molar-refractivity contribution in [2.45, 2.75) is 45.4 Å². The van der Waals surface area contributed by atoms with Crippen LogP contribution in [-0.2, 0) is 4.74 Å². The number of rotatable bonds is 3. The van der Waals surface area contributed by atoms with Crippen molar-refractivity contribution < 1.29 is 4.74 Å². The number of para-hydroxylation sites is 1. The lowest BCUT2D eigenvalue weighted by atomic mass is 10.0. The SMILES string of the molecule is CCC1COC(C)CN1c1ccccc1C(C)N. The highest BCUT2D eigenvalue weighted by atomic mass is 16.5. The Balaban J connectivity index is 2.33. The van der Waals surface area contributed by atoms with Gasteiger partial charge in [0.2, 0.25) is 0 Å². The van der Waals surface area contributed by atoms with Crippen LogP contribution in [0.3, 0.4) is 0 Å². The van der Waals surface area contributed by atoms with Crippen molar-refractivity contribution in [3.05, 3.63) is 29.8 Å². The normalized spacial score (nSPS) is 26.1. The van der Waals surface area contributed by atoms with Crippen LogP contribution in [0.25, 0.3) is 0 Å². The van der Waals surface area contributed by atoms with E-state index in [1.807, 2.05) is 6.92 Å². The third kappa shape index (κ3) is 2.68. The Labute approximate surface area is 110 Å². The lowest BCUT2D eigenvalue weighted by molar-refractivity contribution is 0.0299. The van der Waals surface area contributed by atoms with E-state index in [9.17, 15) is 0 Å². The van der Waals surface area contributed by atoms with Gasteiger partial charge in [-0.2, -0.15) is 0 Å². The van der Waals surface area contributed by atoms with Crippen LogP contribution in [-0.4, -0.2) is 25.3 Å². The van der Waals surface area contributed by atoms with Gasteiger partial charge in [-0.3, -0.25) is 0 Å². The van der Waals surface area contributed by atoms with E-state index < -0.39 is 0 Å². The summed E-state index contributed by atoms with van der Waals surface area (Å²) in [5.41, 5.74) is 8.58. The van der Waals surface area contributed by atoms with Gasteiger partial charge in [0.25, 0.3) is 0 Å². The Kier molecular flexibility index (Phi) is 4.25. The molecule has 1 saturated heterocycles. The van der Waals surface area contributed by atoms with Crippen LogP contribution in [0.2, 0.25) is 0 Å². The summed E-state index contributed by atoms with van der Waals surface area (Å²) in [5, 5.41) is 0. The zero-order chi connectivity index (χ0) is 13.1. The van der Waals surface area contributed by atoms with Crippen LogP contribution in [0, 0.1) is 0 Å². The number of nitrogens with two attached hydrogens (primary N) is 1. The van der Waals surface area contributed by atoms with Crippen molar-refractivity contribution in [3.63, 3.8) is 0 Å². The van der Waals surface area contributed by atoms with Gasteiger partial charge in [-0.25, -0.2) is 0 Å². The third-order valence-electron chi connectivity index (χ3n) is 3.68. The maximum atomic E-state index is 6.08. The molecule has 0 spiro atoms. The largest absolute Gasteiger partial charge is 0.375 e. The second kappa shape index (κ2) is 5.72. The van der Waals surface area contributed by atoms with Crippen LogP contribution >= 0.6 is 0 Å². The van der Waals surface area contributed by atoms with Gasteiger partial charge in [0, 0.05) is 18.3 Å². The van der Waals surface area contributed by atoms with E-state index in [1.54, 1.807) is 0 Å². The molecule has 1 aliphatic heterocycles. The molecule has 0 bridgehead atoms. The maximum Gasteiger partial charge on any atom is 0.0723 e. The molecule has 1 fully saturated rings. The molecule has 1 aromatic carbocycles. The summed E-state index contributed by atoms with van der Waals surface area (Å²) < 4.78 is 5.76. The van der Waals surface area contributed by atoms with E-state index in [0.717, 1.165) is 19.6 Å². The highest BCUT2D eigenvalue weighted by Crippen LogP contribution is 2.29. The number of benzene rings is 1. The van der Waals surface area contributed by atoms with Crippen molar-refractivity contribution >= 4 is 5.69 Å². The summed E-state index contributed by atoms with van der Waals surface area (Å²) in [6.07, 6.45) is 1.38.